The van der Waals surface area contributed by atoms with E-state index in [1.807, 2.05) is 6.07 Å². The number of hydrogen-bond donors (Lipinski definition) is 2. The smallest absolute Gasteiger partial charge is 0.308 e. The van der Waals surface area contributed by atoms with Crippen molar-refractivity contribution in [1.29, 1.82) is 0 Å². The van der Waals surface area contributed by atoms with Crippen LogP contribution in [0, 0.1) is 0 Å². The second-order valence-corrected chi connectivity index (χ2v) is 7.08. The largest absolute Gasteiger partial charge is 0.454 e. The van der Waals surface area contributed by atoms with Gasteiger partial charge < -0.3 is 24.8 Å². The Labute approximate surface area is 185 Å². The van der Waals surface area contributed by atoms with E-state index in [4.69, 9.17) is 14.2 Å². The summed E-state index contributed by atoms with van der Waals surface area (Å²) in [5.74, 6) is -0.472. The third kappa shape index (κ3) is 6.56. The van der Waals surface area contributed by atoms with Gasteiger partial charge in [0, 0.05) is 36.7 Å². The molecule has 9 nitrogen and oxygen atoms in total. The molecule has 0 saturated carbocycles. The molecule has 9 heteroatoms. The van der Waals surface area contributed by atoms with Crippen molar-refractivity contribution in [1.82, 2.24) is 5.32 Å². The van der Waals surface area contributed by atoms with E-state index >= 15 is 0 Å². The van der Waals surface area contributed by atoms with Crippen molar-refractivity contribution in [2.75, 3.05) is 18.7 Å². The number of ketones is 1. The molecule has 32 heavy (non-hydrogen) atoms. The molecule has 2 aromatic carbocycles. The first-order chi connectivity index (χ1) is 15.4. The van der Waals surface area contributed by atoms with Crippen LogP contribution in [0.25, 0.3) is 0 Å². The summed E-state index contributed by atoms with van der Waals surface area (Å²) >= 11 is 0. The van der Waals surface area contributed by atoms with Gasteiger partial charge in [-0.2, -0.15) is 0 Å². The van der Waals surface area contributed by atoms with Crippen LogP contribution in [0.2, 0.25) is 0 Å². The van der Waals surface area contributed by atoms with E-state index in [0.29, 0.717) is 22.7 Å². The first-order valence-electron chi connectivity index (χ1n) is 10.2. The molecule has 2 amide bonds. The van der Waals surface area contributed by atoms with Crippen molar-refractivity contribution < 1.29 is 33.4 Å². The van der Waals surface area contributed by atoms with Gasteiger partial charge in [-0.05, 0) is 19.1 Å². The van der Waals surface area contributed by atoms with Crippen LogP contribution in [0.15, 0.2) is 48.5 Å². The number of Topliss-reactive ketones (excluding diaryl/α,β-unsaturated/α-hetero) is 1. The average Bonchev–Trinajstić information content (AvgIpc) is 3.26. The number of rotatable bonds is 10. The lowest BCUT2D eigenvalue weighted by atomic mass is 10.1. The van der Waals surface area contributed by atoms with Gasteiger partial charge >= 0.3 is 5.97 Å². The third-order valence-corrected chi connectivity index (χ3v) is 4.64. The Morgan fingerprint density at radius 2 is 1.72 bits per heavy atom. The van der Waals surface area contributed by atoms with Crippen molar-refractivity contribution in [3.05, 3.63) is 54.1 Å². The summed E-state index contributed by atoms with van der Waals surface area (Å²) < 4.78 is 15.6. The predicted molar refractivity (Wildman–Crippen MR) is 114 cm³/mol. The molecule has 0 spiro atoms. The van der Waals surface area contributed by atoms with Crippen LogP contribution in [0.3, 0.4) is 0 Å². The zero-order valence-corrected chi connectivity index (χ0v) is 17.6. The molecule has 0 fully saturated rings. The Morgan fingerprint density at radius 3 is 2.50 bits per heavy atom. The number of benzene rings is 2. The van der Waals surface area contributed by atoms with Crippen LogP contribution in [0.5, 0.6) is 11.5 Å². The number of amides is 2. The molecular formula is C23H24N2O7. The van der Waals surface area contributed by atoms with Gasteiger partial charge in [0.25, 0.3) is 5.91 Å². The Bertz CT molecular complexity index is 991. The van der Waals surface area contributed by atoms with Crippen molar-refractivity contribution in [3.63, 3.8) is 0 Å². The SMILES string of the molecule is C[C@H](OC(=O)CCNC(=O)CCC(=O)c1ccccc1)C(=O)Nc1ccc2c(c1)OCO2. The molecule has 1 atom stereocenters. The minimum absolute atomic E-state index is 0.0249. The van der Waals surface area contributed by atoms with E-state index in [0.717, 1.165) is 0 Å². The summed E-state index contributed by atoms with van der Waals surface area (Å²) in [5.41, 5.74) is 1.04. The average molecular weight is 440 g/mol. The highest BCUT2D eigenvalue weighted by molar-refractivity contribution is 5.98. The molecule has 0 saturated heterocycles. The fourth-order valence-corrected chi connectivity index (χ4v) is 2.92. The standard InChI is InChI=1S/C23H24N2O7/c1-15(23(29)25-17-7-9-19-20(13-17)31-14-30-19)32-22(28)11-12-24-21(27)10-8-18(26)16-5-3-2-4-6-16/h2-7,9,13,15H,8,10-12,14H2,1H3,(H,24,27)(H,25,29)/t15-/m0/s1. The fourth-order valence-electron chi connectivity index (χ4n) is 2.92. The van der Waals surface area contributed by atoms with Crippen LogP contribution >= 0.6 is 0 Å². The number of fused-ring (bicyclic) bond motifs is 1. The summed E-state index contributed by atoms with van der Waals surface area (Å²) in [5, 5.41) is 5.21. The minimum Gasteiger partial charge on any atom is -0.454 e. The van der Waals surface area contributed by atoms with E-state index in [9.17, 15) is 19.2 Å². The van der Waals surface area contributed by atoms with E-state index in [1.165, 1.54) is 6.92 Å². The number of hydrogen-bond acceptors (Lipinski definition) is 7. The number of ether oxygens (including phenoxy) is 3. The summed E-state index contributed by atoms with van der Waals surface area (Å²) in [6.45, 7) is 1.63. The van der Waals surface area contributed by atoms with Crippen molar-refractivity contribution >= 4 is 29.3 Å². The molecule has 0 radical (unpaired) electrons. The number of nitrogens with one attached hydrogen (secondary N) is 2. The van der Waals surface area contributed by atoms with Crippen LogP contribution in [0.4, 0.5) is 5.69 Å². The van der Waals surface area contributed by atoms with Crippen molar-refractivity contribution in [2.45, 2.75) is 32.3 Å². The van der Waals surface area contributed by atoms with E-state index in [2.05, 4.69) is 10.6 Å². The lowest BCUT2D eigenvalue weighted by molar-refractivity contribution is -0.153. The highest BCUT2D eigenvalue weighted by Crippen LogP contribution is 2.34. The number of esters is 1. The molecule has 1 aliphatic rings. The highest BCUT2D eigenvalue weighted by atomic mass is 16.7. The maximum absolute atomic E-state index is 12.2. The molecule has 1 heterocycles. The van der Waals surface area contributed by atoms with Gasteiger partial charge in [-0.3, -0.25) is 19.2 Å². The summed E-state index contributed by atoms with van der Waals surface area (Å²) in [6, 6.07) is 13.7. The number of carbonyl (C=O) groups excluding carboxylic acids is 4. The minimum atomic E-state index is -1.02. The van der Waals surface area contributed by atoms with Crippen LogP contribution in [-0.2, 0) is 19.1 Å². The molecule has 3 rings (SSSR count). The summed E-state index contributed by atoms with van der Waals surface area (Å²) in [4.78, 5) is 48.1. The number of anilines is 1. The Kier molecular flexibility index (Phi) is 7.80. The molecule has 0 unspecified atom stereocenters. The zero-order valence-electron chi connectivity index (χ0n) is 17.6. The molecule has 2 N–H and O–H groups in total. The maximum atomic E-state index is 12.2. The van der Waals surface area contributed by atoms with E-state index in [-0.39, 0.29) is 44.3 Å². The first kappa shape index (κ1) is 22.8. The molecule has 168 valence electrons. The highest BCUT2D eigenvalue weighted by Gasteiger charge is 2.20. The zero-order chi connectivity index (χ0) is 22.9. The Morgan fingerprint density at radius 1 is 0.969 bits per heavy atom. The summed E-state index contributed by atoms with van der Waals surface area (Å²) in [6.07, 6.45) is -1.01. The summed E-state index contributed by atoms with van der Waals surface area (Å²) in [7, 11) is 0. The third-order valence-electron chi connectivity index (χ3n) is 4.64. The van der Waals surface area contributed by atoms with Crippen molar-refractivity contribution in [3.8, 4) is 11.5 Å². The van der Waals surface area contributed by atoms with Gasteiger partial charge in [-0.1, -0.05) is 30.3 Å². The lowest BCUT2D eigenvalue weighted by Gasteiger charge is -2.14. The van der Waals surface area contributed by atoms with Gasteiger partial charge in [-0.25, -0.2) is 0 Å². The predicted octanol–water partition coefficient (Wildman–Crippen LogP) is 2.45. The van der Waals surface area contributed by atoms with E-state index < -0.39 is 18.0 Å². The van der Waals surface area contributed by atoms with Crippen molar-refractivity contribution in [2.24, 2.45) is 0 Å². The quantitative estimate of drug-likeness (QED) is 0.430. The van der Waals surface area contributed by atoms with Gasteiger partial charge in [0.05, 0.1) is 6.42 Å². The normalized spacial score (nSPS) is 12.5. The molecule has 0 aromatic heterocycles. The van der Waals surface area contributed by atoms with Crippen LogP contribution in [-0.4, -0.2) is 43.0 Å². The van der Waals surface area contributed by atoms with Crippen LogP contribution < -0.4 is 20.1 Å². The lowest BCUT2D eigenvalue weighted by Crippen LogP contribution is -2.32. The van der Waals surface area contributed by atoms with Gasteiger partial charge in [0.1, 0.15) is 0 Å². The fraction of sp³-hybridized carbons (Fsp3) is 0.304. The van der Waals surface area contributed by atoms with E-state index in [1.54, 1.807) is 42.5 Å². The van der Waals surface area contributed by atoms with Gasteiger partial charge in [0.15, 0.2) is 23.4 Å². The van der Waals surface area contributed by atoms with Crippen LogP contribution in [0.1, 0.15) is 36.5 Å². The van der Waals surface area contributed by atoms with Gasteiger partial charge in [0.2, 0.25) is 12.7 Å². The molecule has 0 bridgehead atoms. The Balaban J connectivity index is 1.32. The monoisotopic (exact) mass is 440 g/mol. The Hall–Kier alpha value is -3.88. The molecular weight excluding hydrogens is 416 g/mol. The first-order valence-corrected chi connectivity index (χ1v) is 10.2. The second kappa shape index (κ2) is 10.9. The maximum Gasteiger partial charge on any atom is 0.308 e. The molecule has 1 aliphatic heterocycles. The van der Waals surface area contributed by atoms with Gasteiger partial charge in [-0.15, -0.1) is 0 Å². The second-order valence-electron chi connectivity index (χ2n) is 7.08. The number of carbonyl (C=O) groups is 4. The molecule has 0 aliphatic carbocycles. The molecule has 2 aromatic rings. The topological polar surface area (TPSA) is 120 Å².